The smallest absolute Gasteiger partial charge is 0.306 e. The van der Waals surface area contributed by atoms with Crippen LogP contribution in [0, 0.1) is 0 Å². The predicted molar refractivity (Wildman–Crippen MR) is 265 cm³/mol. The molecule has 0 heterocycles. The van der Waals surface area contributed by atoms with Crippen molar-refractivity contribution in [2.75, 3.05) is 13.2 Å². The SMILES string of the molecule is CC\C=C/C=C\C=C/C=C\C=C\C=C/CCCCCC(=O)OC(COC(=O)CCCC/C=C\C/C=C\CC)COC(=O)CCCCCCC\C=C/C=C\C=C/C=C\CCCCC. The monoisotopic (exact) mass is 853 g/mol. The van der Waals surface area contributed by atoms with E-state index in [4.69, 9.17) is 14.2 Å². The van der Waals surface area contributed by atoms with Gasteiger partial charge in [-0.3, -0.25) is 14.4 Å². The highest BCUT2D eigenvalue weighted by Gasteiger charge is 2.19. The van der Waals surface area contributed by atoms with E-state index in [1.165, 1.54) is 19.3 Å². The Morgan fingerprint density at radius 2 is 0.710 bits per heavy atom. The van der Waals surface area contributed by atoms with Crippen LogP contribution in [-0.4, -0.2) is 37.2 Å². The van der Waals surface area contributed by atoms with E-state index in [1.54, 1.807) is 0 Å². The Morgan fingerprint density at radius 1 is 0.355 bits per heavy atom. The molecular weight excluding hydrogens is 769 g/mol. The van der Waals surface area contributed by atoms with Gasteiger partial charge in [0.05, 0.1) is 0 Å². The van der Waals surface area contributed by atoms with E-state index in [-0.39, 0.29) is 37.5 Å². The fourth-order valence-electron chi connectivity index (χ4n) is 5.76. The van der Waals surface area contributed by atoms with Crippen LogP contribution in [-0.2, 0) is 28.6 Å². The maximum atomic E-state index is 12.7. The van der Waals surface area contributed by atoms with E-state index in [0.717, 1.165) is 96.3 Å². The molecule has 0 aliphatic carbocycles. The Balaban J connectivity index is 4.56. The van der Waals surface area contributed by atoms with Crippen molar-refractivity contribution in [1.29, 1.82) is 0 Å². The number of ether oxygens (including phenoxy) is 3. The number of hydrogen-bond donors (Lipinski definition) is 0. The van der Waals surface area contributed by atoms with E-state index in [2.05, 4.69) is 106 Å². The molecule has 0 fully saturated rings. The van der Waals surface area contributed by atoms with E-state index < -0.39 is 6.10 Å². The third kappa shape index (κ3) is 46.4. The molecule has 0 saturated heterocycles. The van der Waals surface area contributed by atoms with Gasteiger partial charge < -0.3 is 14.2 Å². The average molecular weight is 853 g/mol. The molecule has 0 aromatic carbocycles. The van der Waals surface area contributed by atoms with Gasteiger partial charge in [0.15, 0.2) is 6.10 Å². The van der Waals surface area contributed by atoms with Crippen LogP contribution in [0.1, 0.15) is 168 Å². The lowest BCUT2D eigenvalue weighted by atomic mass is 10.1. The van der Waals surface area contributed by atoms with Crippen LogP contribution in [0.15, 0.2) is 146 Å². The molecule has 0 saturated carbocycles. The van der Waals surface area contributed by atoms with Gasteiger partial charge in [-0.05, 0) is 89.9 Å². The van der Waals surface area contributed by atoms with Crippen LogP contribution in [0.2, 0.25) is 0 Å². The predicted octanol–water partition coefficient (Wildman–Crippen LogP) is 15.7. The maximum absolute atomic E-state index is 12.7. The summed E-state index contributed by atoms with van der Waals surface area (Å²) >= 11 is 0. The molecule has 6 heteroatoms. The Bertz CT molecular complexity index is 1440. The molecule has 0 radical (unpaired) electrons. The maximum Gasteiger partial charge on any atom is 0.306 e. The van der Waals surface area contributed by atoms with E-state index >= 15 is 0 Å². The second kappa shape index (κ2) is 49.0. The van der Waals surface area contributed by atoms with Gasteiger partial charge >= 0.3 is 17.9 Å². The van der Waals surface area contributed by atoms with Gasteiger partial charge in [-0.2, -0.15) is 0 Å². The summed E-state index contributed by atoms with van der Waals surface area (Å²) in [6.07, 6.45) is 69.7. The second-order valence-corrected chi connectivity index (χ2v) is 15.1. The highest BCUT2D eigenvalue weighted by molar-refractivity contribution is 5.71. The minimum atomic E-state index is -0.829. The van der Waals surface area contributed by atoms with Gasteiger partial charge in [-0.25, -0.2) is 0 Å². The van der Waals surface area contributed by atoms with Crippen molar-refractivity contribution in [3.8, 4) is 0 Å². The van der Waals surface area contributed by atoms with Crippen LogP contribution >= 0.6 is 0 Å². The van der Waals surface area contributed by atoms with Gasteiger partial charge in [0, 0.05) is 19.3 Å². The average Bonchev–Trinajstić information content (AvgIpc) is 3.27. The van der Waals surface area contributed by atoms with Gasteiger partial charge in [-0.15, -0.1) is 0 Å². The number of unbranched alkanes of at least 4 members (excludes halogenated alkanes) is 13. The molecule has 6 nitrogen and oxygen atoms in total. The lowest BCUT2D eigenvalue weighted by Crippen LogP contribution is -2.30. The van der Waals surface area contributed by atoms with Crippen LogP contribution in [0.25, 0.3) is 0 Å². The molecule has 344 valence electrons. The first-order valence-electron chi connectivity index (χ1n) is 24.0. The van der Waals surface area contributed by atoms with Crippen LogP contribution in [0.3, 0.4) is 0 Å². The minimum Gasteiger partial charge on any atom is -0.462 e. The van der Waals surface area contributed by atoms with E-state index in [1.807, 2.05) is 60.8 Å². The standard InChI is InChI=1S/C56H84O6/c1-4-7-10-13-16-19-21-23-25-27-29-30-32-34-37-40-43-46-49-55(58)61-52-53(51-60-54(57)48-45-42-39-36-18-15-12-9-6-3)62-56(59)50-47-44-41-38-35-33-31-28-26-24-22-20-17-14-11-8-5-2/h8-9,11-12,14,16-31,33,35-36,53H,4-7,10,13,15,32,34,37-52H2,1-3H3/b11-8-,12-9-,17-14-,19-16-,22-20-,23-21-,26-24-,27-25-,30-29-,31-28+,35-33-,36-18-. The molecule has 0 amide bonds. The molecule has 1 unspecified atom stereocenters. The van der Waals surface area contributed by atoms with Gasteiger partial charge in [0.1, 0.15) is 13.2 Å². The molecule has 0 aromatic rings. The molecular formula is C56H84O6. The Kier molecular flexibility index (Phi) is 45.2. The molecule has 0 N–H and O–H groups in total. The summed E-state index contributed by atoms with van der Waals surface area (Å²) in [5.74, 6) is -1.05. The van der Waals surface area contributed by atoms with Crippen molar-refractivity contribution in [2.24, 2.45) is 0 Å². The first-order chi connectivity index (χ1) is 30.5. The first kappa shape index (κ1) is 57.3. The quantitative estimate of drug-likeness (QED) is 0.0201. The minimum absolute atomic E-state index is 0.126. The van der Waals surface area contributed by atoms with Crippen molar-refractivity contribution < 1.29 is 28.6 Å². The lowest BCUT2D eigenvalue weighted by molar-refractivity contribution is -0.167. The zero-order valence-electron chi connectivity index (χ0n) is 39.1. The molecule has 0 spiro atoms. The molecule has 0 aliphatic heterocycles. The van der Waals surface area contributed by atoms with Crippen molar-refractivity contribution in [2.45, 2.75) is 175 Å². The summed E-state index contributed by atoms with van der Waals surface area (Å²) in [5, 5.41) is 0. The second-order valence-electron chi connectivity index (χ2n) is 15.1. The Morgan fingerprint density at radius 3 is 1.21 bits per heavy atom. The molecule has 0 aromatic heterocycles. The number of carbonyl (C=O) groups is 3. The Hall–Kier alpha value is -4.71. The highest BCUT2D eigenvalue weighted by Crippen LogP contribution is 2.11. The number of esters is 3. The van der Waals surface area contributed by atoms with Crippen LogP contribution < -0.4 is 0 Å². The molecule has 0 aliphatic rings. The summed E-state index contributed by atoms with van der Waals surface area (Å²) < 4.78 is 16.6. The summed E-state index contributed by atoms with van der Waals surface area (Å²) in [5.41, 5.74) is 0. The summed E-state index contributed by atoms with van der Waals surface area (Å²) in [7, 11) is 0. The van der Waals surface area contributed by atoms with Crippen LogP contribution in [0.4, 0.5) is 0 Å². The van der Waals surface area contributed by atoms with Gasteiger partial charge in [0.25, 0.3) is 0 Å². The van der Waals surface area contributed by atoms with Gasteiger partial charge in [0.2, 0.25) is 0 Å². The number of rotatable bonds is 40. The third-order valence-electron chi connectivity index (χ3n) is 9.31. The first-order valence-corrected chi connectivity index (χ1v) is 24.0. The molecule has 0 bridgehead atoms. The van der Waals surface area contributed by atoms with E-state index in [0.29, 0.717) is 25.7 Å². The summed E-state index contributed by atoms with van der Waals surface area (Å²) in [4.78, 5) is 37.8. The third-order valence-corrected chi connectivity index (χ3v) is 9.31. The highest BCUT2D eigenvalue weighted by atomic mass is 16.6. The van der Waals surface area contributed by atoms with Crippen molar-refractivity contribution in [3.63, 3.8) is 0 Å². The fourth-order valence-corrected chi connectivity index (χ4v) is 5.76. The largest absolute Gasteiger partial charge is 0.462 e. The molecule has 62 heavy (non-hydrogen) atoms. The fraction of sp³-hybridized carbons (Fsp3) is 0.518. The number of hydrogen-bond acceptors (Lipinski definition) is 6. The van der Waals surface area contributed by atoms with Crippen molar-refractivity contribution in [3.05, 3.63) is 146 Å². The van der Waals surface area contributed by atoms with Crippen LogP contribution in [0.5, 0.6) is 0 Å². The number of carbonyl (C=O) groups excluding carboxylic acids is 3. The summed E-state index contributed by atoms with van der Waals surface area (Å²) in [6, 6.07) is 0. The zero-order valence-corrected chi connectivity index (χ0v) is 39.1. The number of allylic oxidation sites excluding steroid dienone is 24. The lowest BCUT2D eigenvalue weighted by Gasteiger charge is -2.18. The molecule has 1 atom stereocenters. The Labute approximate surface area is 378 Å². The van der Waals surface area contributed by atoms with E-state index in [9.17, 15) is 14.4 Å². The normalized spacial score (nSPS) is 13.4. The topological polar surface area (TPSA) is 78.9 Å². The van der Waals surface area contributed by atoms with Crippen molar-refractivity contribution >= 4 is 17.9 Å². The zero-order chi connectivity index (χ0) is 45.1. The molecule has 0 rings (SSSR count). The summed E-state index contributed by atoms with van der Waals surface area (Å²) in [6.45, 7) is 6.20. The van der Waals surface area contributed by atoms with Gasteiger partial charge in [-0.1, -0.05) is 205 Å². The van der Waals surface area contributed by atoms with Crippen molar-refractivity contribution in [1.82, 2.24) is 0 Å².